The van der Waals surface area contributed by atoms with Gasteiger partial charge in [-0.05, 0) is 43.6 Å². The minimum atomic E-state index is -4.01. The minimum absolute atomic E-state index is 0.0111. The Morgan fingerprint density at radius 1 is 1.48 bits per heavy atom. The number of aryl methyl sites for hydroxylation is 1. The number of nitrogens with one attached hydrogen (secondary N) is 2. The van der Waals surface area contributed by atoms with Gasteiger partial charge in [-0.15, -0.1) is 0 Å². The SMILES string of the molecule is [2H]c1cc(F)c(C)c([2H])c1NC(=O)c1cc(S(=O)(=O)Cl)c(C)[nH]1. The van der Waals surface area contributed by atoms with Crippen molar-refractivity contribution in [1.29, 1.82) is 0 Å². The third kappa shape index (κ3) is 3.43. The summed E-state index contributed by atoms with van der Waals surface area (Å²) >= 11 is 0. The number of halogens is 2. The topological polar surface area (TPSA) is 79.0 Å². The maximum absolute atomic E-state index is 13.4. The first kappa shape index (κ1) is 12.8. The molecule has 2 aromatic rings. The smallest absolute Gasteiger partial charge is 0.272 e. The van der Waals surface area contributed by atoms with E-state index in [1.54, 1.807) is 0 Å². The van der Waals surface area contributed by atoms with Gasteiger partial charge < -0.3 is 10.3 Å². The fraction of sp³-hybridized carbons (Fsp3) is 0.154. The largest absolute Gasteiger partial charge is 0.353 e. The number of rotatable bonds is 3. The van der Waals surface area contributed by atoms with Gasteiger partial charge in [-0.2, -0.15) is 0 Å². The monoisotopic (exact) mass is 332 g/mol. The van der Waals surface area contributed by atoms with Gasteiger partial charge in [-0.1, -0.05) is 0 Å². The van der Waals surface area contributed by atoms with Crippen LogP contribution in [0.2, 0.25) is 0 Å². The Morgan fingerprint density at radius 2 is 2.14 bits per heavy atom. The zero-order chi connectivity index (χ0) is 17.5. The van der Waals surface area contributed by atoms with E-state index in [9.17, 15) is 17.6 Å². The highest BCUT2D eigenvalue weighted by molar-refractivity contribution is 8.13. The Bertz CT molecular complexity index is 912. The van der Waals surface area contributed by atoms with E-state index in [0.717, 1.165) is 12.1 Å². The van der Waals surface area contributed by atoms with Crippen LogP contribution in [0.3, 0.4) is 0 Å². The van der Waals surface area contributed by atoms with Gasteiger partial charge in [0.25, 0.3) is 15.0 Å². The molecule has 0 saturated heterocycles. The second-order valence-corrected chi connectivity index (χ2v) is 6.86. The molecular formula is C13H12ClFN2O3S. The number of anilines is 1. The Balaban J connectivity index is 2.40. The second kappa shape index (κ2) is 5.50. The zero-order valence-electron chi connectivity index (χ0n) is 13.0. The van der Waals surface area contributed by atoms with Crippen molar-refractivity contribution in [3.8, 4) is 0 Å². The van der Waals surface area contributed by atoms with Gasteiger partial charge in [0.2, 0.25) is 0 Å². The molecule has 1 amide bonds. The van der Waals surface area contributed by atoms with Crippen LogP contribution in [0.5, 0.6) is 0 Å². The molecule has 0 atom stereocenters. The van der Waals surface area contributed by atoms with Gasteiger partial charge in [0.1, 0.15) is 16.4 Å². The first-order valence-corrected chi connectivity index (χ1v) is 8.05. The van der Waals surface area contributed by atoms with Crippen LogP contribution in [0.15, 0.2) is 29.1 Å². The summed E-state index contributed by atoms with van der Waals surface area (Å²) in [5.74, 6) is -1.49. The number of benzene rings is 1. The molecule has 21 heavy (non-hydrogen) atoms. The lowest BCUT2D eigenvalue weighted by Gasteiger charge is -2.05. The zero-order valence-corrected chi connectivity index (χ0v) is 12.6. The van der Waals surface area contributed by atoms with Crippen molar-refractivity contribution in [3.63, 3.8) is 0 Å². The molecule has 8 heteroatoms. The molecule has 2 rings (SSSR count). The lowest BCUT2D eigenvalue weighted by molar-refractivity contribution is 0.102. The highest BCUT2D eigenvalue weighted by atomic mass is 35.7. The van der Waals surface area contributed by atoms with E-state index >= 15 is 0 Å². The van der Waals surface area contributed by atoms with Crippen molar-refractivity contribution in [3.05, 3.63) is 47.0 Å². The molecule has 2 N–H and O–H groups in total. The number of hydrogen-bond acceptors (Lipinski definition) is 3. The molecule has 1 aromatic heterocycles. The van der Waals surface area contributed by atoms with Gasteiger partial charge >= 0.3 is 0 Å². The number of carbonyl (C=O) groups excluding carboxylic acids is 1. The van der Waals surface area contributed by atoms with E-state index in [4.69, 9.17) is 13.4 Å². The molecule has 0 aliphatic heterocycles. The Labute approximate surface area is 128 Å². The molecule has 5 nitrogen and oxygen atoms in total. The summed E-state index contributed by atoms with van der Waals surface area (Å²) in [5.41, 5.74) is -0.112. The predicted molar refractivity (Wildman–Crippen MR) is 77.7 cm³/mol. The number of amides is 1. The van der Waals surface area contributed by atoms with Gasteiger partial charge in [0.05, 0.1) is 2.74 Å². The maximum Gasteiger partial charge on any atom is 0.272 e. The number of carbonyl (C=O) groups is 1. The molecule has 1 heterocycles. The third-order valence-electron chi connectivity index (χ3n) is 2.73. The van der Waals surface area contributed by atoms with Crippen LogP contribution in [0.1, 0.15) is 24.5 Å². The van der Waals surface area contributed by atoms with E-state index in [1.165, 1.54) is 13.8 Å². The summed E-state index contributed by atoms with van der Waals surface area (Å²) in [4.78, 5) is 14.5. The van der Waals surface area contributed by atoms with E-state index in [-0.39, 0.29) is 39.6 Å². The van der Waals surface area contributed by atoms with Crippen LogP contribution < -0.4 is 5.32 Å². The summed E-state index contributed by atoms with van der Waals surface area (Å²) in [5, 5.41) is 2.31. The minimum Gasteiger partial charge on any atom is -0.353 e. The van der Waals surface area contributed by atoms with E-state index in [0.29, 0.717) is 0 Å². The predicted octanol–water partition coefficient (Wildman–Crippen LogP) is 2.95. The quantitative estimate of drug-likeness (QED) is 0.848. The molecule has 0 bridgehead atoms. The van der Waals surface area contributed by atoms with Crippen molar-refractivity contribution in [1.82, 2.24) is 4.98 Å². The summed E-state index contributed by atoms with van der Waals surface area (Å²) < 4.78 is 51.6. The standard InChI is InChI=1S/C13H12ClFN2O3S/c1-7-5-9(3-4-10(7)15)17-13(18)11-6-12(8(2)16-11)21(14,19)20/h3-6,16H,1-2H3,(H,17,18)/i3D,5D. The summed E-state index contributed by atoms with van der Waals surface area (Å²) in [6.07, 6.45) is 0. The average molecular weight is 333 g/mol. The fourth-order valence-electron chi connectivity index (χ4n) is 1.69. The van der Waals surface area contributed by atoms with Crippen molar-refractivity contribution in [2.45, 2.75) is 18.7 Å². The van der Waals surface area contributed by atoms with E-state index in [2.05, 4.69) is 10.3 Å². The van der Waals surface area contributed by atoms with Crippen molar-refractivity contribution >= 4 is 31.3 Å². The molecular weight excluding hydrogens is 319 g/mol. The normalized spacial score (nSPS) is 12.8. The van der Waals surface area contributed by atoms with Gasteiger partial charge in [-0.3, -0.25) is 4.79 Å². The molecule has 1 aromatic carbocycles. The lowest BCUT2D eigenvalue weighted by Crippen LogP contribution is -2.12. The Kier molecular flexibility index (Phi) is 3.36. The van der Waals surface area contributed by atoms with Crippen LogP contribution >= 0.6 is 10.7 Å². The fourth-order valence-corrected chi connectivity index (χ4v) is 2.85. The molecule has 0 saturated carbocycles. The van der Waals surface area contributed by atoms with Crippen LogP contribution in [-0.2, 0) is 9.05 Å². The molecule has 0 aliphatic rings. The second-order valence-electron chi connectivity index (χ2n) is 4.33. The number of H-pyrrole nitrogens is 1. The summed E-state index contributed by atoms with van der Waals surface area (Å²) in [7, 11) is 1.24. The van der Waals surface area contributed by atoms with Crippen molar-refractivity contribution in [2.75, 3.05) is 5.32 Å². The van der Waals surface area contributed by atoms with Crippen molar-refractivity contribution in [2.24, 2.45) is 0 Å². The first-order chi connectivity index (χ1) is 10.5. The number of aromatic amines is 1. The lowest BCUT2D eigenvalue weighted by atomic mass is 10.2. The summed E-state index contributed by atoms with van der Waals surface area (Å²) in [6, 6.07) is 1.26. The van der Waals surface area contributed by atoms with Gasteiger partial charge in [0.15, 0.2) is 0 Å². The van der Waals surface area contributed by atoms with E-state index in [1.807, 2.05) is 0 Å². The Hall–Kier alpha value is -1.86. The third-order valence-corrected chi connectivity index (χ3v) is 4.18. The molecule has 0 fully saturated rings. The van der Waals surface area contributed by atoms with Crippen LogP contribution in [0, 0.1) is 19.7 Å². The highest BCUT2D eigenvalue weighted by Crippen LogP contribution is 2.21. The Morgan fingerprint density at radius 3 is 2.71 bits per heavy atom. The molecule has 112 valence electrons. The first-order valence-electron chi connectivity index (χ1n) is 6.74. The molecule has 0 aliphatic carbocycles. The molecule has 0 radical (unpaired) electrons. The van der Waals surface area contributed by atoms with Crippen LogP contribution in [0.25, 0.3) is 0 Å². The highest BCUT2D eigenvalue weighted by Gasteiger charge is 2.19. The summed E-state index contributed by atoms with van der Waals surface area (Å²) in [6.45, 7) is 2.78. The average Bonchev–Trinajstić information content (AvgIpc) is 2.83. The van der Waals surface area contributed by atoms with Crippen LogP contribution in [-0.4, -0.2) is 19.3 Å². The van der Waals surface area contributed by atoms with Gasteiger partial charge in [-0.25, -0.2) is 12.8 Å². The maximum atomic E-state index is 13.4. The van der Waals surface area contributed by atoms with Gasteiger partial charge in [0, 0.05) is 22.1 Å². The van der Waals surface area contributed by atoms with Crippen LogP contribution in [0.4, 0.5) is 10.1 Å². The number of hydrogen-bond donors (Lipinski definition) is 2. The number of aromatic nitrogens is 1. The van der Waals surface area contributed by atoms with Crippen molar-refractivity contribution < 1.29 is 20.3 Å². The van der Waals surface area contributed by atoms with E-state index < -0.39 is 20.8 Å². The molecule has 0 spiro atoms. The molecule has 0 unspecified atom stereocenters.